The number of hydrogen-bond donors (Lipinski definition) is 1. The third-order valence-electron chi connectivity index (χ3n) is 5.33. The van der Waals surface area contributed by atoms with Gasteiger partial charge in [-0.05, 0) is 74.7 Å². The molecule has 0 aromatic heterocycles. The molecule has 2 aliphatic heterocycles. The van der Waals surface area contributed by atoms with Crippen molar-refractivity contribution in [2.24, 2.45) is 5.41 Å². The van der Waals surface area contributed by atoms with Gasteiger partial charge in [0.05, 0.1) is 0 Å². The summed E-state index contributed by atoms with van der Waals surface area (Å²) in [5.41, 5.74) is 5.01. The van der Waals surface area contributed by atoms with E-state index in [4.69, 9.17) is 0 Å². The van der Waals surface area contributed by atoms with Crippen molar-refractivity contribution >= 4 is 0 Å². The van der Waals surface area contributed by atoms with Crippen LogP contribution in [0.1, 0.15) is 42.4 Å². The summed E-state index contributed by atoms with van der Waals surface area (Å²) in [6.45, 7) is 10.7. The van der Waals surface area contributed by atoms with Crippen molar-refractivity contribution in [2.75, 3.05) is 26.2 Å². The van der Waals surface area contributed by atoms with Gasteiger partial charge < -0.3 is 5.32 Å². The smallest absolute Gasteiger partial charge is 0.0239 e. The van der Waals surface area contributed by atoms with Gasteiger partial charge in [-0.2, -0.15) is 0 Å². The summed E-state index contributed by atoms with van der Waals surface area (Å²) in [6, 6.07) is 6.69. The SMILES string of the molecule is Cc1cccc(C)c1CN1CCCC2(CCCNC2)C1. The molecule has 2 saturated heterocycles. The quantitative estimate of drug-likeness (QED) is 0.889. The van der Waals surface area contributed by atoms with E-state index in [-0.39, 0.29) is 0 Å². The van der Waals surface area contributed by atoms with Crippen LogP contribution in [0.3, 0.4) is 0 Å². The molecule has 1 aromatic rings. The number of nitrogens with one attached hydrogen (secondary N) is 1. The molecule has 3 rings (SSSR count). The largest absolute Gasteiger partial charge is 0.316 e. The third kappa shape index (κ3) is 2.91. The van der Waals surface area contributed by atoms with Crippen LogP contribution in [-0.4, -0.2) is 31.1 Å². The second kappa shape index (κ2) is 5.87. The Kier molecular flexibility index (Phi) is 4.13. The molecule has 1 aromatic carbocycles. The first-order valence-electron chi connectivity index (χ1n) is 8.17. The molecule has 0 amide bonds. The number of nitrogens with zero attached hydrogens (tertiary/aromatic N) is 1. The number of piperidine rings is 2. The van der Waals surface area contributed by atoms with E-state index < -0.39 is 0 Å². The van der Waals surface area contributed by atoms with E-state index in [2.05, 4.69) is 42.3 Å². The van der Waals surface area contributed by atoms with Gasteiger partial charge in [-0.15, -0.1) is 0 Å². The van der Waals surface area contributed by atoms with Crippen molar-refractivity contribution in [1.82, 2.24) is 10.2 Å². The van der Waals surface area contributed by atoms with Crippen LogP contribution >= 0.6 is 0 Å². The molecule has 2 aliphatic rings. The maximum absolute atomic E-state index is 3.63. The van der Waals surface area contributed by atoms with E-state index in [1.807, 2.05) is 0 Å². The second-order valence-corrected chi connectivity index (χ2v) is 6.96. The van der Waals surface area contributed by atoms with Crippen molar-refractivity contribution < 1.29 is 0 Å². The molecule has 1 spiro atoms. The zero-order chi connectivity index (χ0) is 14.0. The number of likely N-dealkylation sites (tertiary alicyclic amines) is 1. The van der Waals surface area contributed by atoms with Crippen molar-refractivity contribution in [3.8, 4) is 0 Å². The lowest BCUT2D eigenvalue weighted by molar-refractivity contribution is 0.0598. The summed E-state index contributed by atoms with van der Waals surface area (Å²) in [5.74, 6) is 0. The number of benzene rings is 1. The summed E-state index contributed by atoms with van der Waals surface area (Å²) < 4.78 is 0. The Hall–Kier alpha value is -0.860. The van der Waals surface area contributed by atoms with Crippen LogP contribution in [0.15, 0.2) is 18.2 Å². The van der Waals surface area contributed by atoms with E-state index in [0.29, 0.717) is 5.41 Å². The summed E-state index contributed by atoms with van der Waals surface area (Å²) >= 11 is 0. The molecule has 1 unspecified atom stereocenters. The lowest BCUT2D eigenvalue weighted by Crippen LogP contribution is -2.50. The highest BCUT2D eigenvalue weighted by Gasteiger charge is 2.36. The van der Waals surface area contributed by atoms with E-state index in [1.54, 1.807) is 5.56 Å². The molecule has 1 atom stereocenters. The number of rotatable bonds is 2. The minimum atomic E-state index is 0.563. The molecule has 2 heterocycles. The van der Waals surface area contributed by atoms with Gasteiger partial charge in [-0.1, -0.05) is 18.2 Å². The van der Waals surface area contributed by atoms with Gasteiger partial charge in [0.15, 0.2) is 0 Å². The molecule has 2 fully saturated rings. The van der Waals surface area contributed by atoms with Crippen molar-refractivity contribution in [3.63, 3.8) is 0 Å². The molecule has 110 valence electrons. The first kappa shape index (κ1) is 14.1. The van der Waals surface area contributed by atoms with Crippen LogP contribution in [0.25, 0.3) is 0 Å². The normalized spacial score (nSPS) is 27.9. The van der Waals surface area contributed by atoms with Gasteiger partial charge in [0.1, 0.15) is 0 Å². The van der Waals surface area contributed by atoms with Gasteiger partial charge >= 0.3 is 0 Å². The van der Waals surface area contributed by atoms with Crippen LogP contribution in [0.2, 0.25) is 0 Å². The lowest BCUT2D eigenvalue weighted by Gasteiger charge is -2.45. The van der Waals surface area contributed by atoms with Gasteiger partial charge in [0, 0.05) is 19.6 Å². The van der Waals surface area contributed by atoms with Gasteiger partial charge in [0.25, 0.3) is 0 Å². The van der Waals surface area contributed by atoms with Gasteiger partial charge in [-0.25, -0.2) is 0 Å². The fourth-order valence-electron chi connectivity index (χ4n) is 4.15. The first-order valence-corrected chi connectivity index (χ1v) is 8.17. The van der Waals surface area contributed by atoms with Crippen LogP contribution in [0.4, 0.5) is 0 Å². The van der Waals surface area contributed by atoms with E-state index in [9.17, 15) is 0 Å². The maximum atomic E-state index is 3.63. The van der Waals surface area contributed by atoms with Gasteiger partial charge in [-0.3, -0.25) is 4.90 Å². The highest BCUT2D eigenvalue weighted by Crippen LogP contribution is 2.36. The maximum Gasteiger partial charge on any atom is 0.0239 e. The summed E-state index contributed by atoms with van der Waals surface area (Å²) in [4.78, 5) is 2.70. The minimum absolute atomic E-state index is 0.563. The fraction of sp³-hybridized carbons (Fsp3) is 0.667. The topological polar surface area (TPSA) is 15.3 Å². The summed E-state index contributed by atoms with van der Waals surface area (Å²) in [7, 11) is 0. The summed E-state index contributed by atoms with van der Waals surface area (Å²) in [5, 5.41) is 3.63. The Bertz CT molecular complexity index is 435. The molecule has 20 heavy (non-hydrogen) atoms. The van der Waals surface area contributed by atoms with E-state index in [1.165, 1.54) is 63.0 Å². The standard InChI is InChI=1S/C18H28N2/c1-15-6-3-7-16(2)17(15)12-20-11-5-9-18(14-20)8-4-10-19-13-18/h3,6-7,19H,4-5,8-14H2,1-2H3. The van der Waals surface area contributed by atoms with Gasteiger partial charge in [0.2, 0.25) is 0 Å². The third-order valence-corrected chi connectivity index (χ3v) is 5.33. The Morgan fingerprint density at radius 2 is 1.90 bits per heavy atom. The Balaban J connectivity index is 1.71. The Morgan fingerprint density at radius 1 is 1.15 bits per heavy atom. The van der Waals surface area contributed by atoms with Crippen LogP contribution in [-0.2, 0) is 6.54 Å². The molecule has 0 aliphatic carbocycles. The molecule has 0 radical (unpaired) electrons. The van der Waals surface area contributed by atoms with E-state index in [0.717, 1.165) is 6.54 Å². The molecule has 0 saturated carbocycles. The minimum Gasteiger partial charge on any atom is -0.316 e. The second-order valence-electron chi connectivity index (χ2n) is 6.96. The Morgan fingerprint density at radius 3 is 2.60 bits per heavy atom. The fourth-order valence-corrected chi connectivity index (χ4v) is 4.15. The predicted molar refractivity (Wildman–Crippen MR) is 85.0 cm³/mol. The van der Waals surface area contributed by atoms with E-state index >= 15 is 0 Å². The number of aryl methyl sites for hydroxylation is 2. The first-order chi connectivity index (χ1) is 9.69. The highest BCUT2D eigenvalue weighted by molar-refractivity contribution is 5.33. The molecule has 1 N–H and O–H groups in total. The van der Waals surface area contributed by atoms with Crippen LogP contribution < -0.4 is 5.32 Å². The van der Waals surface area contributed by atoms with Crippen LogP contribution in [0.5, 0.6) is 0 Å². The average molecular weight is 272 g/mol. The average Bonchev–Trinajstić information content (AvgIpc) is 2.44. The monoisotopic (exact) mass is 272 g/mol. The molecule has 0 bridgehead atoms. The zero-order valence-electron chi connectivity index (χ0n) is 13.0. The van der Waals surface area contributed by atoms with Crippen molar-refractivity contribution in [3.05, 3.63) is 34.9 Å². The van der Waals surface area contributed by atoms with Crippen LogP contribution in [0, 0.1) is 19.3 Å². The predicted octanol–water partition coefficient (Wildman–Crippen LogP) is 3.27. The molecular formula is C18H28N2. The zero-order valence-corrected chi connectivity index (χ0v) is 13.0. The van der Waals surface area contributed by atoms with Crippen molar-refractivity contribution in [2.45, 2.75) is 46.1 Å². The number of hydrogen-bond acceptors (Lipinski definition) is 2. The molecule has 2 nitrogen and oxygen atoms in total. The molecule has 2 heteroatoms. The molecular weight excluding hydrogens is 244 g/mol. The highest BCUT2D eigenvalue weighted by atomic mass is 15.1. The Labute approximate surface area is 123 Å². The summed E-state index contributed by atoms with van der Waals surface area (Å²) in [6.07, 6.45) is 5.57. The van der Waals surface area contributed by atoms with Crippen molar-refractivity contribution in [1.29, 1.82) is 0 Å². The lowest BCUT2D eigenvalue weighted by atomic mass is 9.74.